The van der Waals surface area contributed by atoms with E-state index in [9.17, 15) is 4.79 Å². The van der Waals surface area contributed by atoms with Gasteiger partial charge in [-0.25, -0.2) is 0 Å². The molecule has 3 aliphatic carbocycles. The zero-order chi connectivity index (χ0) is 11.9. The molecule has 3 heteroatoms. The Labute approximate surface area is 96.7 Å². The SMILES string of the molecule is CC1(C)C2CC=C(C(N)CCC(=O)O)C1C2. The smallest absolute Gasteiger partial charge is 0.303 e. The number of allylic oxidation sites excluding steroid dienone is 1. The highest BCUT2D eigenvalue weighted by Crippen LogP contribution is 2.59. The molecular formula is C13H21NO2. The largest absolute Gasteiger partial charge is 0.481 e. The van der Waals surface area contributed by atoms with Gasteiger partial charge in [0.2, 0.25) is 0 Å². The zero-order valence-corrected chi connectivity index (χ0v) is 10.1. The zero-order valence-electron chi connectivity index (χ0n) is 10.1. The Balaban J connectivity index is 2.00. The number of carboxylic acids is 1. The summed E-state index contributed by atoms with van der Waals surface area (Å²) in [6.45, 7) is 4.62. The van der Waals surface area contributed by atoms with Gasteiger partial charge in [-0.1, -0.05) is 25.5 Å². The lowest BCUT2D eigenvalue weighted by atomic mass is 9.48. The van der Waals surface area contributed by atoms with Crippen molar-refractivity contribution in [1.29, 1.82) is 0 Å². The van der Waals surface area contributed by atoms with Crippen molar-refractivity contribution in [1.82, 2.24) is 0 Å². The van der Waals surface area contributed by atoms with Crippen molar-refractivity contribution in [3.8, 4) is 0 Å². The Morgan fingerprint density at radius 1 is 1.69 bits per heavy atom. The molecule has 0 saturated heterocycles. The number of aliphatic carboxylic acids is 1. The number of nitrogens with two attached hydrogens (primary N) is 1. The molecule has 2 bridgehead atoms. The van der Waals surface area contributed by atoms with Crippen LogP contribution in [0.5, 0.6) is 0 Å². The average molecular weight is 223 g/mol. The van der Waals surface area contributed by atoms with Crippen molar-refractivity contribution in [3.63, 3.8) is 0 Å². The molecule has 0 aromatic rings. The summed E-state index contributed by atoms with van der Waals surface area (Å²) < 4.78 is 0. The lowest BCUT2D eigenvalue weighted by Crippen LogP contribution is -2.51. The number of carbonyl (C=O) groups is 1. The van der Waals surface area contributed by atoms with Crippen molar-refractivity contribution < 1.29 is 9.90 Å². The highest BCUT2D eigenvalue weighted by Gasteiger charge is 2.51. The summed E-state index contributed by atoms with van der Waals surface area (Å²) >= 11 is 0. The van der Waals surface area contributed by atoms with Gasteiger partial charge in [0.05, 0.1) is 0 Å². The summed E-state index contributed by atoms with van der Waals surface area (Å²) in [5, 5.41) is 8.66. The molecule has 3 nitrogen and oxygen atoms in total. The van der Waals surface area contributed by atoms with Crippen LogP contribution in [0, 0.1) is 17.3 Å². The Morgan fingerprint density at radius 2 is 2.38 bits per heavy atom. The maximum atomic E-state index is 10.5. The molecule has 3 rings (SSSR count). The van der Waals surface area contributed by atoms with E-state index < -0.39 is 5.97 Å². The second-order valence-electron chi connectivity index (χ2n) is 5.79. The third kappa shape index (κ3) is 1.77. The van der Waals surface area contributed by atoms with E-state index in [2.05, 4.69) is 19.9 Å². The van der Waals surface area contributed by atoms with Crippen molar-refractivity contribution >= 4 is 5.97 Å². The fourth-order valence-electron chi connectivity index (χ4n) is 3.26. The molecule has 0 heterocycles. The van der Waals surface area contributed by atoms with Gasteiger partial charge in [0.1, 0.15) is 0 Å². The molecule has 3 unspecified atom stereocenters. The highest BCUT2D eigenvalue weighted by molar-refractivity contribution is 5.66. The van der Waals surface area contributed by atoms with Gasteiger partial charge in [-0.3, -0.25) is 4.79 Å². The van der Waals surface area contributed by atoms with Crippen LogP contribution < -0.4 is 5.73 Å². The minimum absolute atomic E-state index is 0.0541. The molecule has 0 aliphatic heterocycles. The number of rotatable bonds is 4. The van der Waals surface area contributed by atoms with Gasteiger partial charge in [-0.05, 0) is 36.5 Å². The summed E-state index contributed by atoms with van der Waals surface area (Å²) in [5.74, 6) is 0.653. The van der Waals surface area contributed by atoms with Gasteiger partial charge in [-0.2, -0.15) is 0 Å². The maximum Gasteiger partial charge on any atom is 0.303 e. The molecule has 3 aliphatic rings. The summed E-state index contributed by atoms with van der Waals surface area (Å²) in [6, 6.07) is -0.0541. The topological polar surface area (TPSA) is 63.3 Å². The average Bonchev–Trinajstić information content (AvgIpc) is 2.25. The summed E-state index contributed by atoms with van der Waals surface area (Å²) in [7, 11) is 0. The molecule has 0 amide bonds. The van der Waals surface area contributed by atoms with E-state index in [-0.39, 0.29) is 12.5 Å². The predicted octanol–water partition coefficient (Wildman–Crippen LogP) is 2.17. The van der Waals surface area contributed by atoms with E-state index in [1.165, 1.54) is 12.0 Å². The van der Waals surface area contributed by atoms with Gasteiger partial charge in [0.15, 0.2) is 0 Å². The minimum atomic E-state index is -0.752. The van der Waals surface area contributed by atoms with Gasteiger partial charge in [0.25, 0.3) is 0 Å². The van der Waals surface area contributed by atoms with Gasteiger partial charge >= 0.3 is 5.97 Å². The molecular weight excluding hydrogens is 202 g/mol. The highest BCUT2D eigenvalue weighted by atomic mass is 16.4. The quantitative estimate of drug-likeness (QED) is 0.718. The molecule has 1 fully saturated rings. The van der Waals surface area contributed by atoms with Crippen molar-refractivity contribution in [3.05, 3.63) is 11.6 Å². The van der Waals surface area contributed by atoms with Crippen LogP contribution in [-0.4, -0.2) is 17.1 Å². The maximum absolute atomic E-state index is 10.5. The second-order valence-corrected chi connectivity index (χ2v) is 5.79. The molecule has 16 heavy (non-hydrogen) atoms. The van der Waals surface area contributed by atoms with Crippen LogP contribution in [-0.2, 0) is 4.79 Å². The Kier molecular flexibility index (Phi) is 2.82. The van der Waals surface area contributed by atoms with E-state index in [4.69, 9.17) is 10.8 Å². The molecule has 0 aromatic heterocycles. The van der Waals surface area contributed by atoms with Crippen LogP contribution in [0.2, 0.25) is 0 Å². The molecule has 1 saturated carbocycles. The lowest BCUT2D eigenvalue weighted by molar-refractivity contribution is -0.137. The number of hydrogen-bond acceptors (Lipinski definition) is 2. The predicted molar refractivity (Wildman–Crippen MR) is 62.9 cm³/mol. The Hall–Kier alpha value is -0.830. The van der Waals surface area contributed by atoms with Gasteiger partial charge in [-0.15, -0.1) is 0 Å². The van der Waals surface area contributed by atoms with E-state index >= 15 is 0 Å². The fourth-order valence-corrected chi connectivity index (χ4v) is 3.26. The number of fused-ring (bicyclic) bond motifs is 1. The fraction of sp³-hybridized carbons (Fsp3) is 0.769. The van der Waals surface area contributed by atoms with Crippen molar-refractivity contribution in [2.75, 3.05) is 0 Å². The third-order valence-electron chi connectivity index (χ3n) is 4.61. The third-order valence-corrected chi connectivity index (χ3v) is 4.61. The normalized spacial score (nSPS) is 32.6. The van der Waals surface area contributed by atoms with Crippen LogP contribution in [0.4, 0.5) is 0 Å². The molecule has 0 aromatic carbocycles. The molecule has 0 spiro atoms. The van der Waals surface area contributed by atoms with Gasteiger partial charge in [0, 0.05) is 12.5 Å². The number of carboxylic acid groups (broad SMARTS) is 1. The van der Waals surface area contributed by atoms with Crippen LogP contribution in [0.25, 0.3) is 0 Å². The van der Waals surface area contributed by atoms with Crippen LogP contribution in [0.1, 0.15) is 39.5 Å². The van der Waals surface area contributed by atoms with E-state index in [1.54, 1.807) is 0 Å². The van der Waals surface area contributed by atoms with E-state index in [0.717, 1.165) is 12.3 Å². The Morgan fingerprint density at radius 3 is 2.88 bits per heavy atom. The molecule has 3 atom stereocenters. The van der Waals surface area contributed by atoms with Crippen molar-refractivity contribution in [2.24, 2.45) is 23.0 Å². The lowest BCUT2D eigenvalue weighted by Gasteiger charge is -2.57. The first-order valence-corrected chi connectivity index (χ1v) is 6.10. The first kappa shape index (κ1) is 11.6. The molecule has 0 radical (unpaired) electrons. The first-order chi connectivity index (χ1) is 7.43. The van der Waals surface area contributed by atoms with E-state index in [1.807, 2.05) is 0 Å². The van der Waals surface area contributed by atoms with Crippen LogP contribution >= 0.6 is 0 Å². The Bertz CT molecular complexity index is 333. The van der Waals surface area contributed by atoms with Crippen LogP contribution in [0.15, 0.2) is 11.6 Å². The van der Waals surface area contributed by atoms with E-state index in [0.29, 0.717) is 17.8 Å². The summed E-state index contributed by atoms with van der Waals surface area (Å²) in [5.41, 5.74) is 7.79. The second kappa shape index (κ2) is 3.88. The molecule has 90 valence electrons. The molecule has 3 N–H and O–H groups in total. The number of hydrogen-bond donors (Lipinski definition) is 2. The summed E-state index contributed by atoms with van der Waals surface area (Å²) in [4.78, 5) is 10.5. The minimum Gasteiger partial charge on any atom is -0.481 e. The van der Waals surface area contributed by atoms with Crippen molar-refractivity contribution in [2.45, 2.75) is 45.6 Å². The van der Waals surface area contributed by atoms with Gasteiger partial charge < -0.3 is 10.8 Å². The standard InChI is InChI=1S/C13H21NO2/c1-13(2)8-3-4-9(10(13)7-8)11(14)5-6-12(15)16/h4,8,10-11H,3,5-7,14H2,1-2H3,(H,15,16). The summed E-state index contributed by atoms with van der Waals surface area (Å²) in [6.07, 6.45) is 5.38. The van der Waals surface area contributed by atoms with Crippen LogP contribution in [0.3, 0.4) is 0 Å². The first-order valence-electron chi connectivity index (χ1n) is 6.10. The monoisotopic (exact) mass is 223 g/mol.